The van der Waals surface area contributed by atoms with E-state index in [2.05, 4.69) is 30.7 Å². The highest BCUT2D eigenvalue weighted by Gasteiger charge is 2.85. The Labute approximate surface area is 388 Å². The van der Waals surface area contributed by atoms with Crippen molar-refractivity contribution in [3.63, 3.8) is 0 Å². The van der Waals surface area contributed by atoms with Crippen molar-refractivity contribution in [2.24, 2.45) is 17.3 Å². The van der Waals surface area contributed by atoms with Crippen LogP contribution >= 0.6 is 21.6 Å². The van der Waals surface area contributed by atoms with E-state index in [1.54, 1.807) is 10.8 Å². The molecule has 0 radical (unpaired) electrons. The van der Waals surface area contributed by atoms with Crippen LogP contribution in [0.3, 0.4) is 0 Å². The Bertz CT molecular complexity index is 1670. The first kappa shape index (κ1) is 56.8. The number of carbonyl (C=O) groups is 1. The van der Waals surface area contributed by atoms with Crippen LogP contribution in [0.4, 0.5) is 44.3 Å². The lowest BCUT2D eigenvalue weighted by Gasteiger charge is -2.50. The van der Waals surface area contributed by atoms with E-state index in [1.807, 2.05) is 87.6 Å². The van der Waals surface area contributed by atoms with Gasteiger partial charge in [-0.2, -0.15) is 39.5 Å². The number of benzene rings is 2. The van der Waals surface area contributed by atoms with E-state index in [9.17, 15) is 44.3 Å². The lowest BCUT2D eigenvalue weighted by atomic mass is 9.55. The number of halogens is 9. The van der Waals surface area contributed by atoms with E-state index in [0.717, 1.165) is 80.6 Å². The number of aryl methyl sites for hydroxylation is 2. The second-order valence-corrected chi connectivity index (χ2v) is 19.0. The molecule has 2 saturated carbocycles. The normalized spacial score (nSPS) is 24.0. The van der Waals surface area contributed by atoms with Crippen LogP contribution in [0.1, 0.15) is 136 Å². The van der Waals surface area contributed by atoms with Crippen LogP contribution in [0, 0.1) is 17.3 Å². The van der Waals surface area contributed by atoms with Crippen LogP contribution in [0.25, 0.3) is 0 Å². The summed E-state index contributed by atoms with van der Waals surface area (Å²) >= 11 is 0. The zero-order chi connectivity index (χ0) is 48.6. The molecule has 0 N–H and O–H groups in total. The van der Waals surface area contributed by atoms with Crippen molar-refractivity contribution in [3.8, 4) is 11.5 Å². The van der Waals surface area contributed by atoms with Gasteiger partial charge in [-0.05, 0) is 135 Å². The van der Waals surface area contributed by atoms with Gasteiger partial charge in [0.25, 0.3) is 0 Å². The van der Waals surface area contributed by atoms with Crippen LogP contribution in [-0.2, 0) is 22.3 Å². The van der Waals surface area contributed by atoms with Crippen molar-refractivity contribution in [1.82, 2.24) is 4.90 Å². The van der Waals surface area contributed by atoms with Gasteiger partial charge in [0.1, 0.15) is 11.5 Å². The summed E-state index contributed by atoms with van der Waals surface area (Å²) in [6, 6.07) is 14.1. The molecule has 4 aliphatic rings. The third-order valence-electron chi connectivity index (χ3n) is 12.8. The predicted molar refractivity (Wildman–Crippen MR) is 243 cm³/mol. The monoisotopic (exact) mass is 975 g/mol. The summed E-state index contributed by atoms with van der Waals surface area (Å²) < 4.78 is 140. The Morgan fingerprint density at radius 3 is 2.02 bits per heavy atom. The smallest absolute Gasteiger partial charge is 0.435 e. The van der Waals surface area contributed by atoms with E-state index in [0.29, 0.717) is 37.2 Å². The SMILES string of the molecule is CC.CC.CC.CCCN(C(=O)Oc1ccc(CCCOc2ccc3c(c2)CC[C@@H]2[C@@H]3CC[C@]3(C)[C@@H](OCCCOC(C(F)(F)F)(C(F)(F)F)C(F)(F)F)CC[C@@H]23)cc1)C1CCSSC1. The maximum atomic E-state index is 13.2. The topological polar surface area (TPSA) is 57.2 Å². The number of hydrogen-bond donors (Lipinski definition) is 0. The Balaban J connectivity index is 0.00000179. The second-order valence-electron chi connectivity index (χ2n) is 16.3. The first-order chi connectivity index (χ1) is 30.9. The van der Waals surface area contributed by atoms with Crippen LogP contribution in [0.15, 0.2) is 42.5 Å². The van der Waals surface area contributed by atoms with Crippen LogP contribution in [-0.4, -0.2) is 85.1 Å². The van der Waals surface area contributed by atoms with Gasteiger partial charge in [0.05, 0.1) is 19.3 Å². The Hall–Kier alpha value is -2.50. The summed E-state index contributed by atoms with van der Waals surface area (Å²) in [5.41, 5.74) is -2.86. The van der Waals surface area contributed by atoms with Crippen LogP contribution < -0.4 is 9.47 Å². The maximum absolute atomic E-state index is 13.2. The third-order valence-corrected chi connectivity index (χ3v) is 15.3. The molecule has 1 amide bonds. The summed E-state index contributed by atoms with van der Waals surface area (Å²) in [6.07, 6.45) is -13.0. The minimum absolute atomic E-state index is 0.195. The molecule has 3 aliphatic carbocycles. The van der Waals surface area contributed by atoms with Crippen LogP contribution in [0.5, 0.6) is 11.5 Å². The number of hydrogen-bond acceptors (Lipinski definition) is 7. The number of fused-ring (bicyclic) bond motifs is 5. The summed E-state index contributed by atoms with van der Waals surface area (Å²) in [6.45, 7) is 15.6. The highest BCUT2D eigenvalue weighted by molar-refractivity contribution is 8.76. The molecule has 0 aromatic heterocycles. The molecule has 6 nitrogen and oxygen atoms in total. The maximum Gasteiger partial charge on any atom is 0.435 e. The molecule has 6 atom stereocenters. The number of ether oxygens (including phenoxy) is 4. The van der Waals surface area contributed by atoms with Gasteiger partial charge in [-0.1, -0.05) is 95.2 Å². The van der Waals surface area contributed by atoms with Gasteiger partial charge in [-0.3, -0.25) is 0 Å². The fourth-order valence-electron chi connectivity index (χ4n) is 9.82. The van der Waals surface area contributed by atoms with Gasteiger partial charge in [0.15, 0.2) is 0 Å². The molecule has 1 saturated heterocycles. The largest absolute Gasteiger partial charge is 0.494 e. The Kier molecular flexibility index (Phi) is 22.5. The zero-order valence-electron chi connectivity index (χ0n) is 39.2. The Morgan fingerprint density at radius 2 is 1.42 bits per heavy atom. The number of nitrogens with zero attached hydrogens (tertiary/aromatic N) is 1. The van der Waals surface area contributed by atoms with Gasteiger partial charge in [-0.15, -0.1) is 0 Å². The second kappa shape index (κ2) is 25.7. The van der Waals surface area contributed by atoms with E-state index >= 15 is 0 Å². The number of amides is 1. The highest BCUT2D eigenvalue weighted by atomic mass is 33.1. The van der Waals surface area contributed by atoms with Crippen molar-refractivity contribution in [3.05, 3.63) is 59.2 Å². The molecule has 17 heteroatoms. The Morgan fingerprint density at radius 1 is 0.769 bits per heavy atom. The summed E-state index contributed by atoms with van der Waals surface area (Å²) in [5.74, 6) is 4.27. The van der Waals surface area contributed by atoms with Crippen molar-refractivity contribution in [1.29, 1.82) is 0 Å². The molecule has 2 aromatic rings. The molecule has 1 heterocycles. The first-order valence-corrected chi connectivity index (χ1v) is 25.9. The standard InChI is InChI=1S/C42H52F9NO5S2.3C2H6/c1-3-20-52(29-18-24-58-59-26-29)37(53)57-30-10-7-27(8-11-30)6-4-21-54-31-12-14-32-28(25-31)9-13-34-33(32)17-19-38(2)35(34)15-16-36(38)55-22-5-23-56-39(40(43,44)45,41(46,47)48)42(49,50)51;3*1-2/h7-8,10-12,14,25,29,33-36H,3-6,9,13,15-24,26H2,1-2H3;3*1-2H3/t29?,33-,34-,35+,36+,38+;;;/m1.../s1. The fraction of sp³-hybridized carbons (Fsp3) is 0.729. The molecule has 372 valence electrons. The summed E-state index contributed by atoms with van der Waals surface area (Å²) in [7, 11) is 3.65. The van der Waals surface area contributed by atoms with Crippen LogP contribution in [0.2, 0.25) is 0 Å². The molecule has 1 aliphatic heterocycles. The predicted octanol–water partition coefficient (Wildman–Crippen LogP) is 15.2. The molecule has 3 fully saturated rings. The summed E-state index contributed by atoms with van der Waals surface area (Å²) in [5, 5.41) is 0. The van der Waals surface area contributed by atoms with Crippen molar-refractivity contribution >= 4 is 27.7 Å². The number of rotatable bonds is 15. The highest BCUT2D eigenvalue weighted by Crippen LogP contribution is 2.62. The average molecular weight is 976 g/mol. The quantitative estimate of drug-likeness (QED) is 0.100. The molecule has 2 aromatic carbocycles. The molecule has 1 unspecified atom stereocenters. The number of carbonyl (C=O) groups excluding carboxylic acids is 1. The average Bonchev–Trinajstić information content (AvgIpc) is 3.62. The van der Waals surface area contributed by atoms with Gasteiger partial charge >= 0.3 is 30.2 Å². The molecule has 65 heavy (non-hydrogen) atoms. The molecular formula is C48H70F9NO5S2. The third kappa shape index (κ3) is 13.6. The van der Waals surface area contributed by atoms with Gasteiger partial charge in [-0.25, -0.2) is 4.79 Å². The summed E-state index contributed by atoms with van der Waals surface area (Å²) in [4.78, 5) is 14.8. The lowest BCUT2D eigenvalue weighted by Crippen LogP contribution is -2.67. The zero-order valence-corrected chi connectivity index (χ0v) is 40.8. The molecule has 0 bridgehead atoms. The molecule has 0 spiro atoms. The van der Waals surface area contributed by atoms with Gasteiger partial charge in [0.2, 0.25) is 0 Å². The van der Waals surface area contributed by atoms with Gasteiger partial charge in [0, 0.05) is 30.7 Å². The van der Waals surface area contributed by atoms with Gasteiger partial charge < -0.3 is 23.8 Å². The van der Waals surface area contributed by atoms with E-state index in [4.69, 9.17) is 14.2 Å². The van der Waals surface area contributed by atoms with Crippen molar-refractivity contribution in [2.75, 3.05) is 37.9 Å². The minimum atomic E-state index is -6.75. The van der Waals surface area contributed by atoms with Crippen molar-refractivity contribution in [2.45, 2.75) is 168 Å². The van der Waals surface area contributed by atoms with E-state index < -0.39 is 37.2 Å². The minimum Gasteiger partial charge on any atom is -0.494 e. The molecule has 6 rings (SSSR count). The lowest BCUT2D eigenvalue weighted by molar-refractivity contribution is -0.457. The van der Waals surface area contributed by atoms with Crippen molar-refractivity contribution < 1.29 is 63.3 Å². The first-order valence-electron chi connectivity index (χ1n) is 23.4. The van der Waals surface area contributed by atoms with E-state index in [1.165, 1.54) is 11.1 Å². The molecular weight excluding hydrogens is 906 g/mol. The number of alkyl halides is 9. The van der Waals surface area contributed by atoms with E-state index in [-0.39, 0.29) is 36.2 Å². The fourth-order valence-corrected chi connectivity index (χ4v) is 12.3.